The first-order valence-corrected chi connectivity index (χ1v) is 11.4. The van der Waals surface area contributed by atoms with E-state index in [1.807, 2.05) is 59.2 Å². The highest BCUT2D eigenvalue weighted by atomic mass is 35.5. The molecule has 0 amide bonds. The predicted octanol–water partition coefficient (Wildman–Crippen LogP) is 5.77. The van der Waals surface area contributed by atoms with Crippen LogP contribution in [0.4, 0.5) is 0 Å². The Labute approximate surface area is 197 Å². The van der Waals surface area contributed by atoms with E-state index < -0.39 is 0 Å². The van der Waals surface area contributed by atoms with E-state index in [2.05, 4.69) is 20.2 Å². The van der Waals surface area contributed by atoms with Gasteiger partial charge in [0.1, 0.15) is 5.82 Å². The number of H-pyrrole nitrogens is 1. The lowest BCUT2D eigenvalue weighted by Gasteiger charge is -2.10. The number of rotatable bonds is 5. The maximum Gasteiger partial charge on any atom is 0.258 e. The first-order valence-electron chi connectivity index (χ1n) is 9.66. The summed E-state index contributed by atoms with van der Waals surface area (Å²) in [5, 5.41) is 11.2. The molecule has 1 N–H and O–H groups in total. The first-order chi connectivity index (χ1) is 15.6. The molecule has 6 nitrogen and oxygen atoms in total. The molecule has 0 saturated heterocycles. The van der Waals surface area contributed by atoms with E-state index in [1.165, 1.54) is 11.8 Å². The van der Waals surface area contributed by atoms with E-state index in [-0.39, 0.29) is 5.56 Å². The van der Waals surface area contributed by atoms with Crippen LogP contribution in [0, 0.1) is 0 Å². The number of thioether (sulfide) groups is 1. The van der Waals surface area contributed by atoms with Crippen LogP contribution in [0.5, 0.6) is 0 Å². The first kappa shape index (κ1) is 20.8. The number of benzene rings is 3. The van der Waals surface area contributed by atoms with Gasteiger partial charge in [-0.2, -0.15) is 0 Å². The fourth-order valence-corrected chi connectivity index (χ4v) is 4.44. The van der Waals surface area contributed by atoms with Gasteiger partial charge in [-0.1, -0.05) is 53.2 Å². The summed E-state index contributed by atoms with van der Waals surface area (Å²) in [6, 6.07) is 22.4. The van der Waals surface area contributed by atoms with Crippen LogP contribution in [0.25, 0.3) is 28.0 Å². The highest BCUT2D eigenvalue weighted by Crippen LogP contribution is 2.30. The van der Waals surface area contributed by atoms with Crippen molar-refractivity contribution in [3.05, 3.63) is 99.0 Å². The summed E-state index contributed by atoms with van der Waals surface area (Å²) in [6.45, 7) is 0. The van der Waals surface area contributed by atoms with Crippen LogP contribution >= 0.6 is 35.0 Å². The Balaban J connectivity index is 1.52. The number of aromatic amines is 1. The van der Waals surface area contributed by atoms with Gasteiger partial charge in [0, 0.05) is 21.3 Å². The molecule has 158 valence electrons. The lowest BCUT2D eigenvalue weighted by atomic mass is 10.2. The Morgan fingerprint density at radius 1 is 0.906 bits per heavy atom. The third kappa shape index (κ3) is 4.14. The zero-order chi connectivity index (χ0) is 22.1. The van der Waals surface area contributed by atoms with Crippen molar-refractivity contribution >= 4 is 45.9 Å². The van der Waals surface area contributed by atoms with Crippen LogP contribution in [0.1, 0.15) is 5.82 Å². The SMILES string of the molecule is O=c1[nH]c(CSc2nnc(-c3ccc(Cl)cc3)n2-c2ccccc2)nc2cc(Cl)ccc12. The maximum atomic E-state index is 12.4. The smallest absolute Gasteiger partial charge is 0.258 e. The fraction of sp³-hybridized carbons (Fsp3) is 0.0435. The molecule has 2 heterocycles. The van der Waals surface area contributed by atoms with Crippen molar-refractivity contribution in [1.82, 2.24) is 24.7 Å². The molecular weight excluding hydrogens is 465 g/mol. The monoisotopic (exact) mass is 479 g/mol. The van der Waals surface area contributed by atoms with Crippen molar-refractivity contribution in [2.45, 2.75) is 10.9 Å². The van der Waals surface area contributed by atoms with Gasteiger partial charge in [-0.15, -0.1) is 10.2 Å². The maximum absolute atomic E-state index is 12.4. The van der Waals surface area contributed by atoms with Crippen molar-refractivity contribution in [2.75, 3.05) is 0 Å². The van der Waals surface area contributed by atoms with E-state index >= 15 is 0 Å². The second kappa shape index (κ2) is 8.78. The highest BCUT2D eigenvalue weighted by molar-refractivity contribution is 7.98. The molecule has 0 radical (unpaired) electrons. The second-order valence-corrected chi connectivity index (χ2v) is 8.76. The number of nitrogens with one attached hydrogen (secondary N) is 1. The van der Waals surface area contributed by atoms with Crippen molar-refractivity contribution in [3.8, 4) is 17.1 Å². The molecule has 0 atom stereocenters. The van der Waals surface area contributed by atoms with Gasteiger partial charge in [0.05, 0.1) is 16.7 Å². The highest BCUT2D eigenvalue weighted by Gasteiger charge is 2.17. The molecule has 9 heteroatoms. The summed E-state index contributed by atoms with van der Waals surface area (Å²) in [7, 11) is 0. The second-order valence-electron chi connectivity index (χ2n) is 6.95. The number of hydrogen-bond donors (Lipinski definition) is 1. The quantitative estimate of drug-likeness (QED) is 0.323. The normalized spacial score (nSPS) is 11.2. The molecule has 2 aromatic heterocycles. The van der Waals surface area contributed by atoms with Crippen LogP contribution in [0.3, 0.4) is 0 Å². The minimum absolute atomic E-state index is 0.200. The standard InChI is InChI=1S/C23H15Cl2N5OS/c24-15-8-6-14(7-9-15)21-28-29-23(30(21)17-4-2-1-3-5-17)32-13-20-26-19-12-16(25)10-11-18(19)22(31)27-20/h1-12H,13H2,(H,26,27,31). The molecule has 5 rings (SSSR count). The molecule has 0 spiro atoms. The summed E-state index contributed by atoms with van der Waals surface area (Å²) in [4.78, 5) is 19.8. The lowest BCUT2D eigenvalue weighted by molar-refractivity contribution is 0.883. The Morgan fingerprint density at radius 3 is 2.44 bits per heavy atom. The third-order valence-corrected chi connectivity index (χ3v) is 6.23. The molecule has 32 heavy (non-hydrogen) atoms. The van der Waals surface area contributed by atoms with E-state index in [1.54, 1.807) is 18.2 Å². The average molecular weight is 480 g/mol. The molecular formula is C23H15Cl2N5OS. The van der Waals surface area contributed by atoms with Crippen LogP contribution in [-0.2, 0) is 5.75 Å². The van der Waals surface area contributed by atoms with Crippen molar-refractivity contribution in [3.63, 3.8) is 0 Å². The molecule has 0 fully saturated rings. The summed E-state index contributed by atoms with van der Waals surface area (Å²) < 4.78 is 1.98. The minimum Gasteiger partial charge on any atom is -0.309 e. The van der Waals surface area contributed by atoms with E-state index in [4.69, 9.17) is 23.2 Å². The third-order valence-electron chi connectivity index (χ3n) is 4.81. The Morgan fingerprint density at radius 2 is 1.66 bits per heavy atom. The molecule has 0 unspecified atom stereocenters. The van der Waals surface area contributed by atoms with Crippen LogP contribution in [0.15, 0.2) is 82.7 Å². The van der Waals surface area contributed by atoms with Crippen molar-refractivity contribution in [1.29, 1.82) is 0 Å². The summed E-state index contributed by atoms with van der Waals surface area (Å²) >= 11 is 13.6. The fourth-order valence-electron chi connectivity index (χ4n) is 3.32. The van der Waals surface area contributed by atoms with Gasteiger partial charge < -0.3 is 4.98 Å². The van der Waals surface area contributed by atoms with Gasteiger partial charge in [0.25, 0.3) is 5.56 Å². The largest absolute Gasteiger partial charge is 0.309 e. The summed E-state index contributed by atoms with van der Waals surface area (Å²) in [5.41, 5.74) is 2.18. The number of halogens is 2. The van der Waals surface area contributed by atoms with Gasteiger partial charge in [-0.05, 0) is 54.6 Å². The predicted molar refractivity (Wildman–Crippen MR) is 129 cm³/mol. The van der Waals surface area contributed by atoms with Gasteiger partial charge in [-0.25, -0.2) is 4.98 Å². The van der Waals surface area contributed by atoms with Gasteiger partial charge in [0.2, 0.25) is 0 Å². The van der Waals surface area contributed by atoms with Crippen LogP contribution < -0.4 is 5.56 Å². The zero-order valence-corrected chi connectivity index (χ0v) is 18.8. The number of para-hydroxylation sites is 1. The Kier molecular flexibility index (Phi) is 5.70. The Bertz CT molecular complexity index is 1470. The molecule has 0 saturated carbocycles. The van der Waals surface area contributed by atoms with Gasteiger partial charge >= 0.3 is 0 Å². The van der Waals surface area contributed by atoms with Crippen LogP contribution in [0.2, 0.25) is 10.0 Å². The molecule has 0 aliphatic heterocycles. The number of aromatic nitrogens is 5. The van der Waals surface area contributed by atoms with Crippen molar-refractivity contribution < 1.29 is 0 Å². The van der Waals surface area contributed by atoms with E-state index in [0.717, 1.165) is 11.3 Å². The van der Waals surface area contributed by atoms with Gasteiger partial charge in [-0.3, -0.25) is 9.36 Å². The lowest BCUT2D eigenvalue weighted by Crippen LogP contribution is -2.11. The number of hydrogen-bond acceptors (Lipinski definition) is 5. The summed E-state index contributed by atoms with van der Waals surface area (Å²) in [5.74, 6) is 1.64. The number of nitrogens with zero attached hydrogens (tertiary/aromatic N) is 4. The summed E-state index contributed by atoms with van der Waals surface area (Å²) in [6.07, 6.45) is 0. The molecule has 0 aliphatic carbocycles. The van der Waals surface area contributed by atoms with Crippen molar-refractivity contribution in [2.24, 2.45) is 0 Å². The van der Waals surface area contributed by atoms with E-state index in [0.29, 0.717) is 43.5 Å². The average Bonchev–Trinajstić information content (AvgIpc) is 3.22. The van der Waals surface area contributed by atoms with E-state index in [9.17, 15) is 4.79 Å². The molecule has 5 aromatic rings. The van der Waals surface area contributed by atoms with Crippen LogP contribution in [-0.4, -0.2) is 24.7 Å². The Hall–Kier alpha value is -3.13. The molecule has 0 bridgehead atoms. The molecule has 3 aromatic carbocycles. The minimum atomic E-state index is -0.200. The molecule has 0 aliphatic rings. The zero-order valence-electron chi connectivity index (χ0n) is 16.5. The van der Waals surface area contributed by atoms with Gasteiger partial charge in [0.15, 0.2) is 11.0 Å². The number of fused-ring (bicyclic) bond motifs is 1. The topological polar surface area (TPSA) is 76.5 Å².